The third-order valence-electron chi connectivity index (χ3n) is 2.83. The van der Waals surface area contributed by atoms with E-state index in [0.29, 0.717) is 22.3 Å². The number of rotatable bonds is 6. The van der Waals surface area contributed by atoms with E-state index in [-0.39, 0.29) is 12.5 Å². The van der Waals surface area contributed by atoms with Crippen molar-refractivity contribution >= 4 is 34.8 Å². The Morgan fingerprint density at radius 3 is 2.57 bits per heavy atom. The highest BCUT2D eigenvalue weighted by molar-refractivity contribution is 6.39. The van der Waals surface area contributed by atoms with E-state index in [4.69, 9.17) is 23.2 Å². The normalized spacial score (nSPS) is 10.4. The topological polar surface area (TPSA) is 54.0 Å². The lowest BCUT2D eigenvalue weighted by Gasteiger charge is -2.09. The molecule has 2 rings (SSSR count). The molecule has 0 radical (unpaired) electrons. The molecule has 0 atom stereocenters. The number of halogens is 2. The summed E-state index contributed by atoms with van der Waals surface area (Å²) in [5, 5.41) is 6.61. The lowest BCUT2D eigenvalue weighted by Crippen LogP contribution is -2.29. The number of amides is 1. The third-order valence-corrected chi connectivity index (χ3v) is 3.46. The van der Waals surface area contributed by atoms with Gasteiger partial charge in [-0.1, -0.05) is 35.3 Å². The van der Waals surface area contributed by atoms with Crippen LogP contribution in [-0.4, -0.2) is 24.0 Å². The molecule has 4 nitrogen and oxygen atoms in total. The Kier molecular flexibility index (Phi) is 5.99. The lowest BCUT2D eigenvalue weighted by molar-refractivity contribution is -0.115. The maximum atomic E-state index is 11.8. The van der Waals surface area contributed by atoms with Crippen LogP contribution in [0, 0.1) is 0 Å². The quantitative estimate of drug-likeness (QED) is 0.803. The van der Waals surface area contributed by atoms with Gasteiger partial charge in [0.05, 0.1) is 22.3 Å². The van der Waals surface area contributed by atoms with Crippen molar-refractivity contribution in [3.05, 3.63) is 58.3 Å². The van der Waals surface area contributed by atoms with Gasteiger partial charge in [0.2, 0.25) is 5.91 Å². The summed E-state index contributed by atoms with van der Waals surface area (Å²) in [6.07, 6.45) is 4.36. The van der Waals surface area contributed by atoms with Crippen LogP contribution < -0.4 is 10.6 Å². The number of pyridine rings is 1. The van der Waals surface area contributed by atoms with Crippen LogP contribution in [-0.2, 0) is 11.2 Å². The summed E-state index contributed by atoms with van der Waals surface area (Å²) >= 11 is 12.0. The summed E-state index contributed by atoms with van der Waals surface area (Å²) in [6.45, 7) is 0.886. The number of nitrogens with one attached hydrogen (secondary N) is 2. The van der Waals surface area contributed by atoms with Gasteiger partial charge in [-0.3, -0.25) is 9.78 Å². The summed E-state index contributed by atoms with van der Waals surface area (Å²) in [5.41, 5.74) is 1.57. The SMILES string of the molecule is O=C(CNCCc1cccnc1)Nc1c(Cl)cccc1Cl. The Bertz CT molecular complexity index is 585. The summed E-state index contributed by atoms with van der Waals surface area (Å²) in [4.78, 5) is 15.9. The summed E-state index contributed by atoms with van der Waals surface area (Å²) in [7, 11) is 0. The van der Waals surface area contributed by atoms with Gasteiger partial charge in [-0.15, -0.1) is 0 Å². The third kappa shape index (κ3) is 5.01. The van der Waals surface area contributed by atoms with Crippen molar-refractivity contribution in [2.45, 2.75) is 6.42 Å². The van der Waals surface area contributed by atoms with Crippen molar-refractivity contribution < 1.29 is 4.79 Å². The number of hydrogen-bond donors (Lipinski definition) is 2. The second-order valence-corrected chi connectivity index (χ2v) is 5.25. The predicted octanol–water partition coefficient (Wildman–Crippen LogP) is 3.16. The van der Waals surface area contributed by atoms with E-state index in [9.17, 15) is 4.79 Å². The lowest BCUT2D eigenvalue weighted by atomic mass is 10.2. The number of hydrogen-bond acceptors (Lipinski definition) is 3. The van der Waals surface area contributed by atoms with Gasteiger partial charge in [0.15, 0.2) is 0 Å². The van der Waals surface area contributed by atoms with Gasteiger partial charge in [0.1, 0.15) is 0 Å². The summed E-state index contributed by atoms with van der Waals surface area (Å²) in [5.74, 6) is -0.184. The van der Waals surface area contributed by atoms with Crippen molar-refractivity contribution in [1.82, 2.24) is 10.3 Å². The Morgan fingerprint density at radius 1 is 1.14 bits per heavy atom. The molecular weight excluding hydrogens is 309 g/mol. The molecule has 0 saturated carbocycles. The average molecular weight is 324 g/mol. The number of carbonyl (C=O) groups is 1. The molecule has 0 spiro atoms. The van der Waals surface area contributed by atoms with Crippen molar-refractivity contribution in [3.63, 3.8) is 0 Å². The van der Waals surface area contributed by atoms with Gasteiger partial charge < -0.3 is 10.6 Å². The first kappa shape index (κ1) is 15.8. The highest BCUT2D eigenvalue weighted by Crippen LogP contribution is 2.29. The van der Waals surface area contributed by atoms with Crippen LogP contribution in [0.4, 0.5) is 5.69 Å². The minimum atomic E-state index is -0.184. The van der Waals surface area contributed by atoms with E-state index in [1.165, 1.54) is 0 Å². The smallest absolute Gasteiger partial charge is 0.238 e. The molecule has 2 aromatic rings. The highest BCUT2D eigenvalue weighted by atomic mass is 35.5. The number of aromatic nitrogens is 1. The Labute approximate surface area is 133 Å². The van der Waals surface area contributed by atoms with E-state index in [1.807, 2.05) is 18.3 Å². The molecule has 0 saturated heterocycles. The van der Waals surface area contributed by atoms with Crippen molar-refractivity contribution in [2.24, 2.45) is 0 Å². The van der Waals surface area contributed by atoms with Crippen molar-refractivity contribution in [2.75, 3.05) is 18.4 Å². The van der Waals surface area contributed by atoms with Crippen LogP contribution >= 0.6 is 23.2 Å². The summed E-state index contributed by atoms with van der Waals surface area (Å²) < 4.78 is 0. The van der Waals surface area contributed by atoms with Crippen LogP contribution in [0.1, 0.15) is 5.56 Å². The Balaban J connectivity index is 1.75. The molecule has 0 aliphatic carbocycles. The minimum Gasteiger partial charge on any atom is -0.322 e. The van der Waals surface area contributed by atoms with Gasteiger partial charge in [-0.25, -0.2) is 0 Å². The molecule has 1 aromatic carbocycles. The first-order valence-electron chi connectivity index (χ1n) is 6.50. The van der Waals surface area contributed by atoms with Crippen LogP contribution in [0.2, 0.25) is 10.0 Å². The van der Waals surface area contributed by atoms with Gasteiger partial charge >= 0.3 is 0 Å². The number of benzene rings is 1. The molecule has 110 valence electrons. The molecule has 0 bridgehead atoms. The largest absolute Gasteiger partial charge is 0.322 e. The van der Waals surface area contributed by atoms with Crippen molar-refractivity contribution in [1.29, 1.82) is 0 Å². The molecule has 0 unspecified atom stereocenters. The molecule has 21 heavy (non-hydrogen) atoms. The zero-order valence-electron chi connectivity index (χ0n) is 11.3. The Morgan fingerprint density at radius 2 is 1.90 bits per heavy atom. The fourth-order valence-corrected chi connectivity index (χ4v) is 2.27. The number of para-hydroxylation sites is 1. The standard InChI is InChI=1S/C15H15Cl2N3O/c16-12-4-1-5-13(17)15(12)20-14(21)10-19-8-6-11-3-2-7-18-9-11/h1-5,7,9,19H,6,8,10H2,(H,20,21). The van der Waals surface area contributed by atoms with E-state index in [2.05, 4.69) is 15.6 Å². The Hall–Kier alpha value is -1.62. The van der Waals surface area contributed by atoms with Crippen LogP contribution in [0.25, 0.3) is 0 Å². The first-order valence-corrected chi connectivity index (χ1v) is 7.26. The number of carbonyl (C=O) groups excluding carboxylic acids is 1. The van der Waals surface area contributed by atoms with Gasteiger partial charge in [0.25, 0.3) is 0 Å². The fraction of sp³-hybridized carbons (Fsp3) is 0.200. The number of anilines is 1. The van der Waals surface area contributed by atoms with Crippen LogP contribution in [0.15, 0.2) is 42.7 Å². The molecule has 0 fully saturated rings. The van der Waals surface area contributed by atoms with Gasteiger partial charge in [-0.05, 0) is 36.7 Å². The van der Waals surface area contributed by atoms with Gasteiger partial charge in [0, 0.05) is 12.4 Å². The zero-order chi connectivity index (χ0) is 15.1. The van der Waals surface area contributed by atoms with E-state index < -0.39 is 0 Å². The molecular formula is C15H15Cl2N3O. The molecule has 1 aromatic heterocycles. The van der Waals surface area contributed by atoms with E-state index >= 15 is 0 Å². The van der Waals surface area contributed by atoms with E-state index in [0.717, 1.165) is 12.0 Å². The molecule has 0 aliphatic heterocycles. The summed E-state index contributed by atoms with van der Waals surface area (Å²) in [6, 6.07) is 8.98. The second kappa shape index (κ2) is 7.98. The van der Waals surface area contributed by atoms with Crippen LogP contribution in [0.5, 0.6) is 0 Å². The molecule has 1 amide bonds. The molecule has 0 aliphatic rings. The maximum Gasteiger partial charge on any atom is 0.238 e. The number of nitrogens with zero attached hydrogens (tertiary/aromatic N) is 1. The van der Waals surface area contributed by atoms with Crippen LogP contribution in [0.3, 0.4) is 0 Å². The molecule has 6 heteroatoms. The average Bonchev–Trinajstić information content (AvgIpc) is 2.49. The monoisotopic (exact) mass is 323 g/mol. The zero-order valence-corrected chi connectivity index (χ0v) is 12.8. The first-order chi connectivity index (χ1) is 10.2. The maximum absolute atomic E-state index is 11.8. The second-order valence-electron chi connectivity index (χ2n) is 4.43. The van der Waals surface area contributed by atoms with Gasteiger partial charge in [-0.2, -0.15) is 0 Å². The van der Waals surface area contributed by atoms with E-state index in [1.54, 1.807) is 24.4 Å². The highest BCUT2D eigenvalue weighted by Gasteiger charge is 2.08. The predicted molar refractivity (Wildman–Crippen MR) is 85.9 cm³/mol. The fourth-order valence-electron chi connectivity index (χ4n) is 1.78. The van der Waals surface area contributed by atoms with Crippen molar-refractivity contribution in [3.8, 4) is 0 Å². The molecule has 2 N–H and O–H groups in total. The minimum absolute atomic E-state index is 0.184. The molecule has 1 heterocycles.